The lowest BCUT2D eigenvalue weighted by Gasteiger charge is -2.30. The molecular formula is C38H42N4O3. The van der Waals surface area contributed by atoms with E-state index < -0.39 is 0 Å². The van der Waals surface area contributed by atoms with Crippen LogP contribution in [0, 0.1) is 0 Å². The van der Waals surface area contributed by atoms with Crippen LogP contribution in [-0.4, -0.2) is 32.1 Å². The molecule has 1 atom stereocenters. The Morgan fingerprint density at radius 2 is 1.42 bits per heavy atom. The molecule has 1 amide bonds. The van der Waals surface area contributed by atoms with Gasteiger partial charge in [-0.1, -0.05) is 70.7 Å². The van der Waals surface area contributed by atoms with Crippen LogP contribution in [0.25, 0.3) is 6.08 Å². The minimum atomic E-state index is -0.322. The van der Waals surface area contributed by atoms with Crippen LogP contribution >= 0.6 is 0 Å². The summed E-state index contributed by atoms with van der Waals surface area (Å²) in [4.78, 5) is 12.6. The average Bonchev–Trinajstić information content (AvgIpc) is 3.80. The van der Waals surface area contributed by atoms with Crippen LogP contribution in [0.3, 0.4) is 0 Å². The lowest BCUT2D eigenvalue weighted by molar-refractivity contribution is -0.123. The Bertz CT molecular complexity index is 1720. The van der Waals surface area contributed by atoms with E-state index in [0.29, 0.717) is 12.4 Å². The van der Waals surface area contributed by atoms with Gasteiger partial charge >= 0.3 is 0 Å². The van der Waals surface area contributed by atoms with Crippen molar-refractivity contribution in [3.05, 3.63) is 112 Å². The predicted octanol–water partition coefficient (Wildman–Crippen LogP) is 7.14. The zero-order chi connectivity index (χ0) is 31.8. The van der Waals surface area contributed by atoms with E-state index in [2.05, 4.69) is 92.4 Å². The molecule has 7 heteroatoms. The Kier molecular flexibility index (Phi) is 7.89. The Balaban J connectivity index is 1.23. The monoisotopic (exact) mass is 602 g/mol. The summed E-state index contributed by atoms with van der Waals surface area (Å²) in [5.41, 5.74) is 14.8. The first-order valence-electron chi connectivity index (χ1n) is 15.6. The zero-order valence-electron chi connectivity index (χ0n) is 26.7. The molecule has 3 aliphatic carbocycles. The molecule has 3 aliphatic rings. The minimum Gasteiger partial charge on any atom is -0.487 e. The molecule has 1 fully saturated rings. The molecule has 3 aromatic carbocycles. The molecule has 45 heavy (non-hydrogen) atoms. The lowest BCUT2D eigenvalue weighted by atomic mass is 9.72. The second-order valence-electron chi connectivity index (χ2n) is 13.7. The normalized spacial score (nSPS) is 20.0. The molecule has 2 N–H and O–H groups in total. The topological polar surface area (TPSA) is 84.3 Å². The number of allylic oxidation sites excluding steroid dienone is 1. The number of carbonyl (C=O) groups is 1. The van der Waals surface area contributed by atoms with Crippen LogP contribution in [0.2, 0.25) is 0 Å². The van der Waals surface area contributed by atoms with E-state index in [4.69, 9.17) is 9.47 Å². The Labute approximate surface area is 266 Å². The molecule has 232 valence electrons. The predicted molar refractivity (Wildman–Crippen MR) is 181 cm³/mol. The van der Waals surface area contributed by atoms with Gasteiger partial charge in [0.2, 0.25) is 0 Å². The summed E-state index contributed by atoms with van der Waals surface area (Å²) < 4.78 is 12.4. The maximum absolute atomic E-state index is 12.6. The largest absolute Gasteiger partial charge is 0.487 e. The van der Waals surface area contributed by atoms with Crippen molar-refractivity contribution in [3.8, 4) is 11.5 Å². The number of hydrogen-bond donors (Lipinski definition) is 2. The van der Waals surface area contributed by atoms with E-state index in [0.717, 1.165) is 48.3 Å². The highest BCUT2D eigenvalue weighted by Gasteiger charge is 2.56. The van der Waals surface area contributed by atoms with Crippen molar-refractivity contribution in [2.75, 3.05) is 13.2 Å². The van der Waals surface area contributed by atoms with Gasteiger partial charge in [0.05, 0.1) is 11.9 Å². The van der Waals surface area contributed by atoms with Gasteiger partial charge in [-0.2, -0.15) is 10.2 Å². The summed E-state index contributed by atoms with van der Waals surface area (Å²) in [5.74, 6) is 1.20. The van der Waals surface area contributed by atoms with Gasteiger partial charge in [-0.15, -0.1) is 0 Å². The summed E-state index contributed by atoms with van der Waals surface area (Å²) in [6, 6.07) is 20.6. The smallest absolute Gasteiger partial charge is 0.277 e. The number of ether oxygens (including phenoxy) is 2. The molecule has 7 nitrogen and oxygen atoms in total. The van der Waals surface area contributed by atoms with Crippen molar-refractivity contribution in [3.63, 3.8) is 0 Å². The third kappa shape index (κ3) is 6.04. The number of carbonyl (C=O) groups excluding carboxylic acids is 1. The molecule has 0 saturated heterocycles. The molecule has 1 spiro atoms. The number of rotatable bonds is 11. The molecule has 1 saturated carbocycles. The maximum atomic E-state index is 12.6. The fourth-order valence-electron chi connectivity index (χ4n) is 7.44. The van der Waals surface area contributed by atoms with Gasteiger partial charge in [0.15, 0.2) is 6.61 Å². The molecule has 0 bridgehead atoms. The highest BCUT2D eigenvalue weighted by atomic mass is 16.5. The first-order chi connectivity index (χ1) is 21.5. The second kappa shape index (κ2) is 11.7. The maximum Gasteiger partial charge on any atom is 0.277 e. The van der Waals surface area contributed by atoms with Crippen molar-refractivity contribution >= 4 is 24.9 Å². The fourth-order valence-corrected chi connectivity index (χ4v) is 7.44. The fraction of sp³-hybridized carbons (Fsp3) is 0.342. The summed E-state index contributed by atoms with van der Waals surface area (Å²) >= 11 is 0. The SMILES string of the molecule is C=Cc1cccc(/C=N\NC(=O)COc2ccc3c(c2)C2(CC3(C)C)CC(C)(C)c3ccc(OCC(NN=C)=C4CC4)cc32)c1. The zero-order valence-corrected chi connectivity index (χ0v) is 26.7. The van der Waals surface area contributed by atoms with E-state index in [-0.39, 0.29) is 28.8 Å². The second-order valence-corrected chi connectivity index (χ2v) is 13.7. The minimum absolute atomic E-state index is 0.0129. The van der Waals surface area contributed by atoms with Gasteiger partial charge < -0.3 is 9.47 Å². The lowest BCUT2D eigenvalue weighted by Crippen LogP contribution is -2.27. The van der Waals surface area contributed by atoms with Crippen molar-refractivity contribution in [1.29, 1.82) is 0 Å². The summed E-state index contributed by atoms with van der Waals surface area (Å²) in [7, 11) is 0. The number of hydrogen-bond acceptors (Lipinski definition) is 6. The first kappa shape index (κ1) is 30.4. The highest BCUT2D eigenvalue weighted by molar-refractivity contribution is 5.83. The highest BCUT2D eigenvalue weighted by Crippen LogP contribution is 2.63. The van der Waals surface area contributed by atoms with Gasteiger partial charge in [0, 0.05) is 12.1 Å². The first-order valence-corrected chi connectivity index (χ1v) is 15.6. The Hall–Kier alpha value is -4.65. The van der Waals surface area contributed by atoms with Gasteiger partial charge in [-0.3, -0.25) is 10.2 Å². The molecule has 1 unspecified atom stereocenters. The molecule has 3 aromatic rings. The third-order valence-corrected chi connectivity index (χ3v) is 9.40. The number of nitrogens with zero attached hydrogens (tertiary/aromatic N) is 2. The molecule has 6 rings (SSSR count). The van der Waals surface area contributed by atoms with Gasteiger partial charge in [0.25, 0.3) is 5.91 Å². The molecule has 0 aliphatic heterocycles. The van der Waals surface area contributed by atoms with Crippen LogP contribution in [-0.2, 0) is 21.0 Å². The van der Waals surface area contributed by atoms with Gasteiger partial charge in [-0.05, 0) is 106 Å². The van der Waals surface area contributed by atoms with E-state index >= 15 is 0 Å². The number of fused-ring (bicyclic) bond motifs is 4. The van der Waals surface area contributed by atoms with Crippen molar-refractivity contribution in [2.45, 2.75) is 69.6 Å². The third-order valence-electron chi connectivity index (χ3n) is 9.40. The molecule has 0 aromatic heterocycles. The standard InChI is InChI=1S/C38H42N4O3/c1-7-25-9-8-10-26(17-25)20-40-42-35(43)22-45-29-14-16-31-33(19-29)38(24-37(31,4)5)23-36(2,3)30-15-13-28(18-32(30)38)44-21-34(41-39-6)27-11-12-27/h7-10,13-20,41H,1,6,11-12,21-24H2,2-5H3,(H,42,43)/b40-20-. The van der Waals surface area contributed by atoms with E-state index in [9.17, 15) is 4.79 Å². The van der Waals surface area contributed by atoms with E-state index in [1.165, 1.54) is 27.8 Å². The number of nitrogens with one attached hydrogen (secondary N) is 2. The average molecular weight is 603 g/mol. The summed E-state index contributed by atoms with van der Waals surface area (Å²) in [6.45, 7) is 17.0. The van der Waals surface area contributed by atoms with Crippen LogP contribution in [0.1, 0.15) is 86.8 Å². The van der Waals surface area contributed by atoms with Crippen LogP contribution in [0.5, 0.6) is 11.5 Å². The number of amides is 1. The molecular weight excluding hydrogens is 560 g/mol. The molecule has 0 radical (unpaired) electrons. The van der Waals surface area contributed by atoms with Crippen LogP contribution < -0.4 is 20.3 Å². The Morgan fingerprint density at radius 1 is 0.822 bits per heavy atom. The van der Waals surface area contributed by atoms with Crippen molar-refractivity contribution in [2.24, 2.45) is 10.2 Å². The number of hydrazone groups is 2. The molecule has 0 heterocycles. The quantitative estimate of drug-likeness (QED) is 0.181. The van der Waals surface area contributed by atoms with Crippen LogP contribution in [0.15, 0.2) is 88.7 Å². The van der Waals surface area contributed by atoms with E-state index in [1.807, 2.05) is 30.3 Å². The van der Waals surface area contributed by atoms with Crippen LogP contribution in [0.4, 0.5) is 0 Å². The summed E-state index contributed by atoms with van der Waals surface area (Å²) in [5, 5.41) is 7.96. The Morgan fingerprint density at radius 3 is 2.00 bits per heavy atom. The van der Waals surface area contributed by atoms with E-state index in [1.54, 1.807) is 12.3 Å². The van der Waals surface area contributed by atoms with Crippen molar-refractivity contribution < 1.29 is 14.3 Å². The van der Waals surface area contributed by atoms with Crippen molar-refractivity contribution in [1.82, 2.24) is 10.9 Å². The number of benzene rings is 3. The van der Waals surface area contributed by atoms with Gasteiger partial charge in [0.1, 0.15) is 18.1 Å². The summed E-state index contributed by atoms with van der Waals surface area (Å²) in [6.07, 6.45) is 7.51. The van der Waals surface area contributed by atoms with Gasteiger partial charge in [-0.25, -0.2) is 5.43 Å².